The lowest BCUT2D eigenvalue weighted by atomic mass is 10.2. The van der Waals surface area contributed by atoms with Gasteiger partial charge in [-0.3, -0.25) is 4.79 Å². The van der Waals surface area contributed by atoms with Crippen LogP contribution in [0.25, 0.3) is 10.6 Å². The lowest BCUT2D eigenvalue weighted by Crippen LogP contribution is -2.30. The molecular formula is C14H16ClN3O2S. The van der Waals surface area contributed by atoms with E-state index >= 15 is 0 Å². The summed E-state index contributed by atoms with van der Waals surface area (Å²) in [5.41, 5.74) is 0.167. The number of H-pyrrole nitrogens is 1. The van der Waals surface area contributed by atoms with Crippen molar-refractivity contribution in [1.82, 2.24) is 14.9 Å². The number of aromatic amines is 1. The molecule has 5 nitrogen and oxygen atoms in total. The van der Waals surface area contributed by atoms with Gasteiger partial charge in [0, 0.05) is 13.6 Å². The van der Waals surface area contributed by atoms with E-state index in [0.29, 0.717) is 16.6 Å². The molecule has 0 saturated carbocycles. The minimum atomic E-state index is -0.538. The lowest BCUT2D eigenvalue weighted by Gasteiger charge is -2.16. The Morgan fingerprint density at radius 1 is 1.48 bits per heavy atom. The number of hydrogen-bond donors (Lipinski definition) is 1. The van der Waals surface area contributed by atoms with Crippen LogP contribution in [0.15, 0.2) is 23.0 Å². The molecule has 0 radical (unpaired) electrons. The van der Waals surface area contributed by atoms with Gasteiger partial charge in [0.25, 0.3) is 5.91 Å². The number of hydrogen-bond acceptors (Lipinski definition) is 4. The summed E-state index contributed by atoms with van der Waals surface area (Å²) in [6.45, 7) is 2.70. The highest BCUT2D eigenvalue weighted by atomic mass is 35.5. The first kappa shape index (κ1) is 15.7. The first-order chi connectivity index (χ1) is 10.0. The lowest BCUT2D eigenvalue weighted by molar-refractivity contribution is 0.0787. The van der Waals surface area contributed by atoms with E-state index in [1.54, 1.807) is 30.1 Å². The normalized spacial score (nSPS) is 10.6. The van der Waals surface area contributed by atoms with Gasteiger partial charge in [-0.25, -0.2) is 4.79 Å². The Balaban J connectivity index is 2.31. The highest BCUT2D eigenvalue weighted by Crippen LogP contribution is 2.29. The number of nitrogens with one attached hydrogen (secondary N) is 1. The SMILES string of the molecule is CCCCN(C)C(=O)c1cc(-c2ccc(Cl)s2)[nH]c(=O)n1. The van der Waals surface area contributed by atoms with Crippen molar-refractivity contribution in [3.8, 4) is 10.6 Å². The molecule has 0 unspecified atom stereocenters. The molecule has 0 aliphatic carbocycles. The second-order valence-electron chi connectivity index (χ2n) is 4.67. The van der Waals surface area contributed by atoms with Gasteiger partial charge in [0.1, 0.15) is 5.69 Å². The Kier molecular flexibility index (Phi) is 5.14. The van der Waals surface area contributed by atoms with Gasteiger partial charge >= 0.3 is 5.69 Å². The molecule has 0 atom stereocenters. The molecule has 2 aromatic rings. The van der Waals surface area contributed by atoms with Crippen LogP contribution in [0.2, 0.25) is 4.34 Å². The minimum Gasteiger partial charge on any atom is -0.340 e. The number of nitrogens with zero attached hydrogens (tertiary/aromatic N) is 2. The summed E-state index contributed by atoms with van der Waals surface area (Å²) < 4.78 is 0.621. The average Bonchev–Trinajstić information content (AvgIpc) is 2.90. The van der Waals surface area contributed by atoms with Crippen LogP contribution < -0.4 is 5.69 Å². The van der Waals surface area contributed by atoms with E-state index in [1.165, 1.54) is 11.3 Å². The van der Waals surface area contributed by atoms with Crippen molar-refractivity contribution >= 4 is 28.8 Å². The zero-order chi connectivity index (χ0) is 15.4. The number of aromatic nitrogens is 2. The van der Waals surface area contributed by atoms with Crippen LogP contribution in [0, 0.1) is 0 Å². The van der Waals surface area contributed by atoms with Gasteiger partial charge in [0.05, 0.1) is 14.9 Å². The second-order valence-corrected chi connectivity index (χ2v) is 6.38. The first-order valence-electron chi connectivity index (χ1n) is 6.63. The predicted molar refractivity (Wildman–Crippen MR) is 85.0 cm³/mol. The van der Waals surface area contributed by atoms with Crippen LogP contribution in [0.5, 0.6) is 0 Å². The summed E-state index contributed by atoms with van der Waals surface area (Å²) in [6.07, 6.45) is 1.91. The summed E-state index contributed by atoms with van der Waals surface area (Å²) in [6, 6.07) is 5.14. The second kappa shape index (κ2) is 6.87. The number of carbonyl (C=O) groups excluding carboxylic acids is 1. The summed E-state index contributed by atoms with van der Waals surface area (Å²) >= 11 is 7.23. The standard InChI is InChI=1S/C14H16ClN3O2S/c1-3-4-7-18(2)13(19)10-8-9(16-14(20)17-10)11-5-6-12(15)21-11/h5-6,8H,3-4,7H2,1-2H3,(H,16,17,20). The molecule has 112 valence electrons. The predicted octanol–water partition coefficient (Wildman–Crippen LogP) is 3.02. The summed E-state index contributed by atoms with van der Waals surface area (Å²) in [7, 11) is 1.71. The van der Waals surface area contributed by atoms with E-state index in [1.807, 2.05) is 0 Å². The average molecular weight is 326 g/mol. The van der Waals surface area contributed by atoms with Gasteiger partial charge in [-0.1, -0.05) is 24.9 Å². The highest BCUT2D eigenvalue weighted by Gasteiger charge is 2.15. The fourth-order valence-electron chi connectivity index (χ4n) is 1.85. The molecule has 0 aliphatic heterocycles. The number of thiophene rings is 1. The summed E-state index contributed by atoms with van der Waals surface area (Å²) in [4.78, 5) is 32.7. The van der Waals surface area contributed by atoms with Gasteiger partial charge in [0.2, 0.25) is 0 Å². The van der Waals surface area contributed by atoms with E-state index in [0.717, 1.165) is 17.7 Å². The maximum atomic E-state index is 12.3. The molecule has 2 aromatic heterocycles. The molecule has 0 fully saturated rings. The molecule has 0 saturated heterocycles. The van der Waals surface area contributed by atoms with E-state index < -0.39 is 5.69 Å². The number of unbranched alkanes of at least 4 members (excludes halogenated alkanes) is 1. The molecule has 1 amide bonds. The molecule has 0 bridgehead atoms. The smallest absolute Gasteiger partial charge is 0.340 e. The van der Waals surface area contributed by atoms with Gasteiger partial charge in [-0.2, -0.15) is 4.98 Å². The van der Waals surface area contributed by atoms with E-state index in [-0.39, 0.29) is 11.6 Å². The molecule has 0 aliphatic rings. The molecular weight excluding hydrogens is 310 g/mol. The van der Waals surface area contributed by atoms with Crippen molar-refractivity contribution in [2.24, 2.45) is 0 Å². The van der Waals surface area contributed by atoms with Crippen LogP contribution in [0.3, 0.4) is 0 Å². The molecule has 0 aromatic carbocycles. The van der Waals surface area contributed by atoms with Crippen molar-refractivity contribution in [1.29, 1.82) is 0 Å². The number of halogens is 1. The fourth-order valence-corrected chi connectivity index (χ4v) is 2.87. The monoisotopic (exact) mass is 325 g/mol. The first-order valence-corrected chi connectivity index (χ1v) is 7.83. The third kappa shape index (κ3) is 3.92. The number of amides is 1. The maximum Gasteiger partial charge on any atom is 0.346 e. The van der Waals surface area contributed by atoms with Crippen molar-refractivity contribution in [2.45, 2.75) is 19.8 Å². The molecule has 7 heteroatoms. The van der Waals surface area contributed by atoms with Crippen LogP contribution in [0.4, 0.5) is 0 Å². The van der Waals surface area contributed by atoms with Crippen LogP contribution in [0.1, 0.15) is 30.3 Å². The Hall–Kier alpha value is -1.66. The Labute approximate surface area is 131 Å². The van der Waals surface area contributed by atoms with Crippen molar-refractivity contribution in [3.63, 3.8) is 0 Å². The summed E-state index contributed by atoms with van der Waals surface area (Å²) in [5, 5.41) is 0. The topological polar surface area (TPSA) is 66.1 Å². The number of carbonyl (C=O) groups is 1. The Morgan fingerprint density at radius 3 is 2.86 bits per heavy atom. The third-order valence-corrected chi connectivity index (χ3v) is 4.26. The van der Waals surface area contributed by atoms with E-state index in [9.17, 15) is 9.59 Å². The molecule has 21 heavy (non-hydrogen) atoms. The molecule has 2 rings (SSSR count). The van der Waals surface area contributed by atoms with Crippen LogP contribution >= 0.6 is 22.9 Å². The van der Waals surface area contributed by atoms with Gasteiger partial charge in [-0.05, 0) is 24.6 Å². The van der Waals surface area contributed by atoms with E-state index in [2.05, 4.69) is 16.9 Å². The van der Waals surface area contributed by atoms with Crippen molar-refractivity contribution in [3.05, 3.63) is 38.7 Å². The minimum absolute atomic E-state index is 0.150. The van der Waals surface area contributed by atoms with Gasteiger partial charge in [-0.15, -0.1) is 11.3 Å². The Morgan fingerprint density at radius 2 is 2.24 bits per heavy atom. The van der Waals surface area contributed by atoms with Crippen molar-refractivity contribution in [2.75, 3.05) is 13.6 Å². The number of rotatable bonds is 5. The van der Waals surface area contributed by atoms with Crippen LogP contribution in [-0.4, -0.2) is 34.4 Å². The quantitative estimate of drug-likeness (QED) is 0.919. The van der Waals surface area contributed by atoms with Gasteiger partial charge in [0.15, 0.2) is 0 Å². The molecule has 2 heterocycles. The zero-order valence-electron chi connectivity index (χ0n) is 11.9. The summed E-state index contributed by atoms with van der Waals surface area (Å²) in [5.74, 6) is -0.251. The molecule has 0 spiro atoms. The van der Waals surface area contributed by atoms with Gasteiger partial charge < -0.3 is 9.88 Å². The van der Waals surface area contributed by atoms with E-state index in [4.69, 9.17) is 11.6 Å². The molecule has 1 N–H and O–H groups in total. The van der Waals surface area contributed by atoms with Crippen molar-refractivity contribution < 1.29 is 4.79 Å². The van der Waals surface area contributed by atoms with Crippen LogP contribution in [-0.2, 0) is 0 Å². The highest BCUT2D eigenvalue weighted by molar-refractivity contribution is 7.19. The third-order valence-electron chi connectivity index (χ3n) is 3.00. The maximum absolute atomic E-state index is 12.3. The zero-order valence-corrected chi connectivity index (χ0v) is 13.4. The fraction of sp³-hybridized carbons (Fsp3) is 0.357. The largest absolute Gasteiger partial charge is 0.346 e. The Bertz CT molecular complexity index is 696.